The van der Waals surface area contributed by atoms with E-state index >= 15 is 0 Å². The first-order chi connectivity index (χ1) is 9.42. The fraction of sp³-hybridized carbons (Fsp3) is 0.357. The fourth-order valence-corrected chi connectivity index (χ4v) is 3.08. The van der Waals surface area contributed by atoms with Gasteiger partial charge in [-0.3, -0.25) is 4.98 Å². The number of pyridine rings is 1. The van der Waals surface area contributed by atoms with Gasteiger partial charge in [0, 0.05) is 18.1 Å². The van der Waals surface area contributed by atoms with Crippen molar-refractivity contribution in [1.29, 1.82) is 0 Å². The lowest BCUT2D eigenvalue weighted by Crippen LogP contribution is -2.34. The summed E-state index contributed by atoms with van der Waals surface area (Å²) in [6.07, 6.45) is 0.909. The topological polar surface area (TPSA) is 79.3 Å². The molecule has 1 aromatic heterocycles. The summed E-state index contributed by atoms with van der Waals surface area (Å²) in [4.78, 5) is 4.32. The second-order valence-electron chi connectivity index (χ2n) is 4.99. The van der Waals surface area contributed by atoms with Crippen molar-refractivity contribution in [1.82, 2.24) is 9.71 Å². The first kappa shape index (κ1) is 14.9. The Hall–Kier alpha value is -1.50. The summed E-state index contributed by atoms with van der Waals surface area (Å²) in [5.74, 6) is -0.00751. The minimum absolute atomic E-state index is 0.00332. The largest absolute Gasteiger partial charge is 0.391 e. The Labute approximate surface area is 118 Å². The third kappa shape index (κ3) is 3.15. The van der Waals surface area contributed by atoms with Gasteiger partial charge in [0.15, 0.2) is 0 Å². The number of hydrogen-bond donors (Lipinski definition) is 2. The summed E-state index contributed by atoms with van der Waals surface area (Å²) in [5.41, 5.74) is 0.625. The normalized spacial score (nSPS) is 13.8. The summed E-state index contributed by atoms with van der Waals surface area (Å²) in [5, 5.41) is 10.3. The third-order valence-corrected chi connectivity index (χ3v) is 4.63. The monoisotopic (exact) mass is 294 g/mol. The van der Waals surface area contributed by atoms with Crippen LogP contribution < -0.4 is 4.72 Å². The van der Waals surface area contributed by atoms with E-state index < -0.39 is 16.1 Å². The standard InChI is InChI=1S/C14H18N2O3S/c1-10(2)13(17)9-16-20(18,19)14-7-3-6-12-11(14)5-4-8-15-12/h3-8,10,13,16-17H,9H2,1-2H3. The molecular weight excluding hydrogens is 276 g/mol. The third-order valence-electron chi connectivity index (χ3n) is 3.15. The predicted octanol–water partition coefficient (Wildman–Crippen LogP) is 1.53. The molecule has 2 N–H and O–H groups in total. The van der Waals surface area contributed by atoms with Crippen molar-refractivity contribution in [3.63, 3.8) is 0 Å². The lowest BCUT2D eigenvalue weighted by Gasteiger charge is -2.15. The molecule has 108 valence electrons. The predicted molar refractivity (Wildman–Crippen MR) is 77.8 cm³/mol. The van der Waals surface area contributed by atoms with Gasteiger partial charge in [-0.15, -0.1) is 0 Å². The maximum absolute atomic E-state index is 12.3. The number of aliphatic hydroxyl groups is 1. The van der Waals surface area contributed by atoms with Crippen molar-refractivity contribution in [2.24, 2.45) is 5.92 Å². The highest BCUT2D eigenvalue weighted by Crippen LogP contribution is 2.20. The molecule has 0 saturated carbocycles. The van der Waals surface area contributed by atoms with Crippen molar-refractivity contribution in [3.05, 3.63) is 36.5 Å². The van der Waals surface area contributed by atoms with Crippen LogP contribution in [-0.4, -0.2) is 31.2 Å². The van der Waals surface area contributed by atoms with Crippen LogP contribution in [0.3, 0.4) is 0 Å². The SMILES string of the molecule is CC(C)C(O)CNS(=O)(=O)c1cccc2ncccc12. The molecule has 1 unspecified atom stereocenters. The van der Waals surface area contributed by atoms with E-state index in [0.29, 0.717) is 10.9 Å². The molecule has 1 aromatic carbocycles. The highest BCUT2D eigenvalue weighted by Gasteiger charge is 2.19. The second kappa shape index (κ2) is 5.87. The molecule has 0 amide bonds. The van der Waals surface area contributed by atoms with Gasteiger partial charge in [-0.1, -0.05) is 19.9 Å². The van der Waals surface area contributed by atoms with Gasteiger partial charge >= 0.3 is 0 Å². The van der Waals surface area contributed by atoms with Crippen molar-refractivity contribution in [2.75, 3.05) is 6.54 Å². The van der Waals surface area contributed by atoms with E-state index in [4.69, 9.17) is 0 Å². The van der Waals surface area contributed by atoms with Crippen LogP contribution >= 0.6 is 0 Å². The summed E-state index contributed by atoms with van der Waals surface area (Å²) in [7, 11) is -3.67. The molecule has 0 fully saturated rings. The molecule has 2 rings (SSSR count). The highest BCUT2D eigenvalue weighted by atomic mass is 32.2. The smallest absolute Gasteiger partial charge is 0.241 e. The Morgan fingerprint density at radius 3 is 2.70 bits per heavy atom. The number of nitrogens with one attached hydrogen (secondary N) is 1. The van der Waals surface area contributed by atoms with Gasteiger partial charge in [0.25, 0.3) is 0 Å². The van der Waals surface area contributed by atoms with Crippen LogP contribution in [0.4, 0.5) is 0 Å². The summed E-state index contributed by atoms with van der Waals surface area (Å²) < 4.78 is 27.1. The lowest BCUT2D eigenvalue weighted by molar-refractivity contribution is 0.129. The van der Waals surface area contributed by atoms with Gasteiger partial charge in [-0.25, -0.2) is 13.1 Å². The van der Waals surface area contributed by atoms with E-state index in [9.17, 15) is 13.5 Å². The van der Waals surface area contributed by atoms with E-state index in [-0.39, 0.29) is 17.4 Å². The van der Waals surface area contributed by atoms with Gasteiger partial charge in [-0.2, -0.15) is 0 Å². The molecule has 20 heavy (non-hydrogen) atoms. The summed E-state index contributed by atoms with van der Waals surface area (Å²) in [6, 6.07) is 8.37. The van der Waals surface area contributed by atoms with Crippen LogP contribution in [0.1, 0.15) is 13.8 Å². The minimum Gasteiger partial charge on any atom is -0.391 e. The molecule has 1 heterocycles. The molecule has 0 aliphatic heterocycles. The number of fused-ring (bicyclic) bond motifs is 1. The van der Waals surface area contributed by atoms with Gasteiger partial charge in [0.05, 0.1) is 16.5 Å². The molecule has 2 aromatic rings. The average molecular weight is 294 g/mol. The number of aliphatic hydroxyl groups excluding tert-OH is 1. The molecular formula is C14H18N2O3S. The molecule has 0 bridgehead atoms. The zero-order chi connectivity index (χ0) is 14.8. The number of sulfonamides is 1. The maximum atomic E-state index is 12.3. The van der Waals surface area contributed by atoms with E-state index in [2.05, 4.69) is 9.71 Å². The highest BCUT2D eigenvalue weighted by molar-refractivity contribution is 7.89. The van der Waals surface area contributed by atoms with Crippen molar-refractivity contribution in [3.8, 4) is 0 Å². The number of aromatic nitrogens is 1. The second-order valence-corrected chi connectivity index (χ2v) is 6.72. The lowest BCUT2D eigenvalue weighted by atomic mass is 10.1. The Morgan fingerprint density at radius 1 is 1.25 bits per heavy atom. The minimum atomic E-state index is -3.67. The van der Waals surface area contributed by atoms with Crippen LogP contribution in [0.5, 0.6) is 0 Å². The fourth-order valence-electron chi connectivity index (χ4n) is 1.82. The molecule has 1 atom stereocenters. The van der Waals surface area contributed by atoms with Gasteiger partial charge in [-0.05, 0) is 30.2 Å². The number of hydrogen-bond acceptors (Lipinski definition) is 4. The van der Waals surface area contributed by atoms with E-state index in [1.54, 1.807) is 30.5 Å². The first-order valence-electron chi connectivity index (χ1n) is 6.43. The molecule has 6 heteroatoms. The summed E-state index contributed by atoms with van der Waals surface area (Å²) >= 11 is 0. The van der Waals surface area contributed by atoms with Crippen molar-refractivity contribution < 1.29 is 13.5 Å². The first-order valence-corrected chi connectivity index (χ1v) is 7.91. The zero-order valence-corrected chi connectivity index (χ0v) is 12.3. The molecule has 0 aliphatic rings. The van der Waals surface area contributed by atoms with Crippen LogP contribution in [0.15, 0.2) is 41.4 Å². The average Bonchev–Trinajstić information content (AvgIpc) is 2.44. The Morgan fingerprint density at radius 2 is 2.00 bits per heavy atom. The Kier molecular flexibility index (Phi) is 4.37. The molecule has 0 radical (unpaired) electrons. The molecule has 0 saturated heterocycles. The van der Waals surface area contributed by atoms with Crippen LogP contribution in [0.2, 0.25) is 0 Å². The van der Waals surface area contributed by atoms with Gasteiger partial charge < -0.3 is 5.11 Å². The van der Waals surface area contributed by atoms with Gasteiger partial charge in [0.2, 0.25) is 10.0 Å². The maximum Gasteiger partial charge on any atom is 0.241 e. The summed E-state index contributed by atoms with van der Waals surface area (Å²) in [6.45, 7) is 3.66. The Balaban J connectivity index is 2.33. The Bertz CT molecular complexity index is 693. The van der Waals surface area contributed by atoms with E-state index in [0.717, 1.165) is 0 Å². The molecule has 0 aliphatic carbocycles. The number of rotatable bonds is 5. The van der Waals surface area contributed by atoms with Crippen LogP contribution in [0, 0.1) is 5.92 Å². The van der Waals surface area contributed by atoms with E-state index in [1.165, 1.54) is 6.07 Å². The van der Waals surface area contributed by atoms with Crippen molar-refractivity contribution >= 4 is 20.9 Å². The van der Waals surface area contributed by atoms with Gasteiger partial charge in [0.1, 0.15) is 0 Å². The number of benzene rings is 1. The van der Waals surface area contributed by atoms with Crippen LogP contribution in [0.25, 0.3) is 10.9 Å². The van der Waals surface area contributed by atoms with Crippen molar-refractivity contribution in [2.45, 2.75) is 24.8 Å². The molecule has 0 spiro atoms. The quantitative estimate of drug-likeness (QED) is 0.876. The molecule has 5 nitrogen and oxygen atoms in total. The zero-order valence-electron chi connectivity index (χ0n) is 11.4. The van der Waals surface area contributed by atoms with Crippen LogP contribution in [-0.2, 0) is 10.0 Å². The van der Waals surface area contributed by atoms with E-state index in [1.807, 2.05) is 13.8 Å². The number of nitrogens with zero attached hydrogens (tertiary/aromatic N) is 1.